The summed E-state index contributed by atoms with van der Waals surface area (Å²) in [6.07, 6.45) is 0. The molecule has 0 spiro atoms. The molecular formula is C18H26IN3. The molecule has 0 amide bonds. The van der Waals surface area contributed by atoms with E-state index in [2.05, 4.69) is 80.8 Å². The number of aliphatic imine (C=N–C) groups is 1. The molecule has 2 aromatic carbocycles. The van der Waals surface area contributed by atoms with Crippen LogP contribution in [0.5, 0.6) is 0 Å². The van der Waals surface area contributed by atoms with Crippen LogP contribution >= 0.6 is 24.0 Å². The molecule has 0 fully saturated rings. The van der Waals surface area contributed by atoms with Gasteiger partial charge in [-0.05, 0) is 44.0 Å². The minimum Gasteiger partial charge on any atom is -0.357 e. The highest BCUT2D eigenvalue weighted by molar-refractivity contribution is 14.0. The second-order valence-corrected chi connectivity index (χ2v) is 6.21. The normalized spacial score (nSPS) is 11.9. The van der Waals surface area contributed by atoms with Gasteiger partial charge in [-0.2, -0.15) is 0 Å². The molecule has 0 atom stereocenters. The molecule has 0 heterocycles. The monoisotopic (exact) mass is 411 g/mol. The van der Waals surface area contributed by atoms with Crippen molar-refractivity contribution in [2.45, 2.75) is 39.8 Å². The summed E-state index contributed by atoms with van der Waals surface area (Å²) in [6, 6.07) is 14.8. The number of guanidine groups is 1. The highest BCUT2D eigenvalue weighted by atomic mass is 127. The Morgan fingerprint density at radius 3 is 2.41 bits per heavy atom. The van der Waals surface area contributed by atoms with Crippen molar-refractivity contribution in [3.05, 3.63) is 48.0 Å². The van der Waals surface area contributed by atoms with E-state index in [0.29, 0.717) is 6.54 Å². The lowest BCUT2D eigenvalue weighted by atomic mass is 10.0. The number of rotatable bonds is 3. The van der Waals surface area contributed by atoms with Gasteiger partial charge in [-0.15, -0.1) is 24.0 Å². The molecule has 0 radical (unpaired) electrons. The average Bonchev–Trinajstić information content (AvgIpc) is 2.43. The third-order valence-electron chi connectivity index (χ3n) is 3.13. The zero-order chi connectivity index (χ0) is 15.3. The fourth-order valence-electron chi connectivity index (χ4n) is 2.26. The molecule has 2 rings (SSSR count). The second kappa shape index (κ2) is 8.36. The third-order valence-corrected chi connectivity index (χ3v) is 3.13. The third kappa shape index (κ3) is 5.48. The summed E-state index contributed by atoms with van der Waals surface area (Å²) in [6.45, 7) is 10.0. The van der Waals surface area contributed by atoms with Crippen molar-refractivity contribution >= 4 is 40.7 Å². The molecule has 3 nitrogen and oxygen atoms in total. The standard InChI is InChI=1S/C18H25N3.HI/c1-5-19-17(21-18(2,3)4)20-13-15-11-8-10-14-9-6-7-12-16(14)15;/h6-12H,5,13H2,1-4H3,(H2,19,20,21);1H. The zero-order valence-electron chi connectivity index (χ0n) is 13.8. The van der Waals surface area contributed by atoms with Crippen LogP contribution < -0.4 is 10.6 Å². The summed E-state index contributed by atoms with van der Waals surface area (Å²) < 4.78 is 0. The number of halogens is 1. The van der Waals surface area contributed by atoms with E-state index < -0.39 is 0 Å². The van der Waals surface area contributed by atoms with Crippen molar-refractivity contribution in [2.75, 3.05) is 6.54 Å². The highest BCUT2D eigenvalue weighted by Crippen LogP contribution is 2.19. The smallest absolute Gasteiger partial charge is 0.191 e. The molecule has 120 valence electrons. The molecule has 22 heavy (non-hydrogen) atoms. The molecule has 2 aromatic rings. The Hall–Kier alpha value is -1.30. The predicted octanol–water partition coefficient (Wildman–Crippen LogP) is 4.31. The van der Waals surface area contributed by atoms with Crippen LogP contribution in [0.1, 0.15) is 33.3 Å². The van der Waals surface area contributed by atoms with Crippen LogP contribution in [-0.2, 0) is 6.54 Å². The lowest BCUT2D eigenvalue weighted by Crippen LogP contribution is -2.47. The van der Waals surface area contributed by atoms with E-state index in [4.69, 9.17) is 4.99 Å². The van der Waals surface area contributed by atoms with E-state index in [0.717, 1.165) is 12.5 Å². The second-order valence-electron chi connectivity index (χ2n) is 6.21. The first kappa shape index (κ1) is 18.7. The van der Waals surface area contributed by atoms with Gasteiger partial charge in [-0.1, -0.05) is 42.5 Å². The molecular weight excluding hydrogens is 385 g/mol. The molecule has 0 unspecified atom stereocenters. The number of nitrogens with one attached hydrogen (secondary N) is 2. The van der Waals surface area contributed by atoms with E-state index in [1.807, 2.05) is 0 Å². The first-order chi connectivity index (χ1) is 9.99. The molecule has 0 bridgehead atoms. The Labute approximate surface area is 150 Å². The van der Waals surface area contributed by atoms with Gasteiger partial charge in [0, 0.05) is 12.1 Å². The first-order valence-corrected chi connectivity index (χ1v) is 7.53. The molecule has 0 aromatic heterocycles. The van der Waals surface area contributed by atoms with Crippen molar-refractivity contribution in [3.63, 3.8) is 0 Å². The highest BCUT2D eigenvalue weighted by Gasteiger charge is 2.11. The van der Waals surface area contributed by atoms with Crippen LogP contribution in [0.2, 0.25) is 0 Å². The van der Waals surface area contributed by atoms with Gasteiger partial charge in [0.1, 0.15) is 0 Å². The van der Waals surface area contributed by atoms with Crippen LogP contribution in [0.15, 0.2) is 47.5 Å². The molecule has 0 saturated heterocycles. The van der Waals surface area contributed by atoms with Gasteiger partial charge in [-0.25, -0.2) is 4.99 Å². The number of hydrogen-bond acceptors (Lipinski definition) is 1. The summed E-state index contributed by atoms with van der Waals surface area (Å²) >= 11 is 0. The van der Waals surface area contributed by atoms with Gasteiger partial charge in [-0.3, -0.25) is 0 Å². The SMILES string of the molecule is CCNC(=NCc1cccc2ccccc12)NC(C)(C)C.I. The molecule has 2 N–H and O–H groups in total. The number of nitrogens with zero attached hydrogens (tertiary/aromatic N) is 1. The summed E-state index contributed by atoms with van der Waals surface area (Å²) in [5.74, 6) is 0.859. The summed E-state index contributed by atoms with van der Waals surface area (Å²) in [4.78, 5) is 4.71. The first-order valence-electron chi connectivity index (χ1n) is 7.53. The lowest BCUT2D eigenvalue weighted by Gasteiger charge is -2.23. The number of fused-ring (bicyclic) bond motifs is 1. The topological polar surface area (TPSA) is 36.4 Å². The summed E-state index contributed by atoms with van der Waals surface area (Å²) in [5.41, 5.74) is 1.25. The van der Waals surface area contributed by atoms with Crippen LogP contribution in [0.25, 0.3) is 10.8 Å². The van der Waals surface area contributed by atoms with Crippen molar-refractivity contribution in [1.29, 1.82) is 0 Å². The Balaban J connectivity index is 0.00000242. The molecule has 0 aliphatic carbocycles. The maximum Gasteiger partial charge on any atom is 0.191 e. The van der Waals surface area contributed by atoms with E-state index in [-0.39, 0.29) is 29.5 Å². The van der Waals surface area contributed by atoms with Crippen LogP contribution in [-0.4, -0.2) is 18.0 Å². The summed E-state index contributed by atoms with van der Waals surface area (Å²) in [5, 5.41) is 9.25. The minimum absolute atomic E-state index is 0. The maximum absolute atomic E-state index is 4.71. The van der Waals surface area contributed by atoms with Gasteiger partial charge >= 0.3 is 0 Å². The predicted molar refractivity (Wildman–Crippen MR) is 107 cm³/mol. The Kier molecular flexibility index (Phi) is 7.13. The van der Waals surface area contributed by atoms with Crippen LogP contribution in [0, 0.1) is 0 Å². The largest absolute Gasteiger partial charge is 0.357 e. The van der Waals surface area contributed by atoms with E-state index in [1.165, 1.54) is 16.3 Å². The lowest BCUT2D eigenvalue weighted by molar-refractivity contribution is 0.501. The van der Waals surface area contributed by atoms with Crippen LogP contribution in [0.3, 0.4) is 0 Å². The molecule has 0 aliphatic rings. The Bertz CT molecular complexity index is 624. The van der Waals surface area contributed by atoms with Crippen molar-refractivity contribution < 1.29 is 0 Å². The molecule has 0 saturated carbocycles. The van der Waals surface area contributed by atoms with E-state index in [9.17, 15) is 0 Å². The fourth-order valence-corrected chi connectivity index (χ4v) is 2.26. The van der Waals surface area contributed by atoms with Crippen molar-refractivity contribution in [3.8, 4) is 0 Å². The molecule has 0 aliphatic heterocycles. The average molecular weight is 411 g/mol. The number of benzene rings is 2. The minimum atomic E-state index is -0.000239. The van der Waals surface area contributed by atoms with Gasteiger partial charge in [0.25, 0.3) is 0 Å². The van der Waals surface area contributed by atoms with E-state index >= 15 is 0 Å². The Morgan fingerprint density at radius 2 is 1.73 bits per heavy atom. The van der Waals surface area contributed by atoms with Crippen molar-refractivity contribution in [2.24, 2.45) is 4.99 Å². The van der Waals surface area contributed by atoms with Crippen molar-refractivity contribution in [1.82, 2.24) is 10.6 Å². The molecule has 4 heteroatoms. The fraction of sp³-hybridized carbons (Fsp3) is 0.389. The Morgan fingerprint density at radius 1 is 1.05 bits per heavy atom. The van der Waals surface area contributed by atoms with Gasteiger partial charge in [0.15, 0.2) is 5.96 Å². The van der Waals surface area contributed by atoms with Gasteiger partial charge in [0.05, 0.1) is 6.54 Å². The van der Waals surface area contributed by atoms with Gasteiger partial charge < -0.3 is 10.6 Å². The quantitative estimate of drug-likeness (QED) is 0.449. The number of hydrogen-bond donors (Lipinski definition) is 2. The van der Waals surface area contributed by atoms with Crippen LogP contribution in [0.4, 0.5) is 0 Å². The summed E-state index contributed by atoms with van der Waals surface area (Å²) in [7, 11) is 0. The van der Waals surface area contributed by atoms with Gasteiger partial charge in [0.2, 0.25) is 0 Å². The maximum atomic E-state index is 4.71. The zero-order valence-corrected chi connectivity index (χ0v) is 16.1. The van der Waals surface area contributed by atoms with E-state index in [1.54, 1.807) is 0 Å².